The van der Waals surface area contributed by atoms with E-state index in [1.807, 2.05) is 4.72 Å². The van der Waals surface area contributed by atoms with E-state index in [1.165, 1.54) is 6.07 Å². The number of aliphatic hydroxyl groups is 1. The molecule has 19 heavy (non-hydrogen) atoms. The van der Waals surface area contributed by atoms with Crippen molar-refractivity contribution in [3.05, 3.63) is 28.8 Å². The SMILES string of the molecule is N#Cc1ccc(S(=O)(=O)NCC(O)C(F)F)c(Cl)c1. The van der Waals surface area contributed by atoms with Gasteiger partial charge in [0.25, 0.3) is 6.43 Å². The molecule has 104 valence electrons. The summed E-state index contributed by atoms with van der Waals surface area (Å²) in [4.78, 5) is -0.352. The number of halogens is 3. The monoisotopic (exact) mass is 310 g/mol. The summed E-state index contributed by atoms with van der Waals surface area (Å²) in [5, 5.41) is 17.2. The summed E-state index contributed by atoms with van der Waals surface area (Å²) in [6, 6.07) is 5.22. The predicted octanol–water partition coefficient (Wildman–Crippen LogP) is 1.12. The van der Waals surface area contributed by atoms with Crippen molar-refractivity contribution < 1.29 is 22.3 Å². The van der Waals surface area contributed by atoms with Gasteiger partial charge in [-0.3, -0.25) is 0 Å². The number of benzene rings is 1. The number of hydrogen-bond donors (Lipinski definition) is 2. The molecule has 0 aromatic heterocycles. The first-order valence-electron chi connectivity index (χ1n) is 4.93. The second kappa shape index (κ2) is 6.25. The van der Waals surface area contributed by atoms with Gasteiger partial charge in [-0.1, -0.05) is 11.6 Å². The van der Waals surface area contributed by atoms with Crippen LogP contribution in [0.3, 0.4) is 0 Å². The zero-order valence-electron chi connectivity index (χ0n) is 9.35. The molecule has 0 aliphatic heterocycles. The van der Waals surface area contributed by atoms with Crippen molar-refractivity contribution in [3.63, 3.8) is 0 Å². The number of rotatable bonds is 5. The van der Waals surface area contributed by atoms with Crippen LogP contribution in [0.5, 0.6) is 0 Å². The van der Waals surface area contributed by atoms with Crippen molar-refractivity contribution in [2.24, 2.45) is 0 Å². The summed E-state index contributed by atoms with van der Waals surface area (Å²) in [5.41, 5.74) is 0.163. The van der Waals surface area contributed by atoms with Crippen LogP contribution in [0.2, 0.25) is 5.02 Å². The summed E-state index contributed by atoms with van der Waals surface area (Å²) >= 11 is 5.69. The summed E-state index contributed by atoms with van der Waals surface area (Å²) < 4.78 is 49.4. The topological polar surface area (TPSA) is 90.2 Å². The highest BCUT2D eigenvalue weighted by Gasteiger charge is 2.23. The fraction of sp³-hybridized carbons (Fsp3) is 0.300. The second-order valence-corrected chi connectivity index (χ2v) is 5.65. The molecule has 5 nitrogen and oxygen atoms in total. The maximum atomic E-state index is 12.0. The highest BCUT2D eigenvalue weighted by Crippen LogP contribution is 2.22. The van der Waals surface area contributed by atoms with Crippen LogP contribution in [-0.2, 0) is 10.0 Å². The summed E-state index contributed by atoms with van der Waals surface area (Å²) in [5.74, 6) is 0. The van der Waals surface area contributed by atoms with E-state index in [-0.39, 0.29) is 15.5 Å². The Bertz CT molecular complexity index is 601. The van der Waals surface area contributed by atoms with E-state index in [4.69, 9.17) is 22.0 Å². The van der Waals surface area contributed by atoms with Gasteiger partial charge in [0.15, 0.2) is 0 Å². The van der Waals surface area contributed by atoms with Gasteiger partial charge in [-0.2, -0.15) is 5.26 Å². The van der Waals surface area contributed by atoms with Gasteiger partial charge >= 0.3 is 0 Å². The first-order chi connectivity index (χ1) is 8.77. The van der Waals surface area contributed by atoms with Crippen molar-refractivity contribution in [2.75, 3.05) is 6.54 Å². The molecule has 0 amide bonds. The van der Waals surface area contributed by atoms with Crippen LogP contribution < -0.4 is 4.72 Å². The molecular weight excluding hydrogens is 302 g/mol. The van der Waals surface area contributed by atoms with Crippen LogP contribution in [-0.4, -0.2) is 32.6 Å². The van der Waals surface area contributed by atoms with Crippen LogP contribution in [0.15, 0.2) is 23.1 Å². The number of nitrogens with zero attached hydrogens (tertiary/aromatic N) is 1. The first kappa shape index (κ1) is 15.8. The van der Waals surface area contributed by atoms with Crippen LogP contribution in [0.1, 0.15) is 5.56 Å². The van der Waals surface area contributed by atoms with Gasteiger partial charge in [0.2, 0.25) is 10.0 Å². The molecule has 1 aromatic rings. The summed E-state index contributed by atoms with van der Waals surface area (Å²) in [6.45, 7) is -0.837. The third kappa shape index (κ3) is 4.11. The van der Waals surface area contributed by atoms with Gasteiger partial charge in [-0.25, -0.2) is 21.9 Å². The van der Waals surface area contributed by atoms with Crippen molar-refractivity contribution >= 4 is 21.6 Å². The van der Waals surface area contributed by atoms with E-state index in [0.29, 0.717) is 0 Å². The van der Waals surface area contributed by atoms with E-state index in [0.717, 1.165) is 12.1 Å². The lowest BCUT2D eigenvalue weighted by atomic mass is 10.2. The number of sulfonamides is 1. The molecule has 9 heteroatoms. The van der Waals surface area contributed by atoms with Crippen molar-refractivity contribution in [3.8, 4) is 6.07 Å². The van der Waals surface area contributed by atoms with Crippen molar-refractivity contribution in [2.45, 2.75) is 17.4 Å². The molecule has 0 saturated carbocycles. The normalized spacial score (nSPS) is 13.3. The fourth-order valence-electron chi connectivity index (χ4n) is 1.15. The summed E-state index contributed by atoms with van der Waals surface area (Å²) in [6.07, 6.45) is -5.16. The molecule has 0 saturated heterocycles. The van der Waals surface area contributed by atoms with Crippen molar-refractivity contribution in [1.29, 1.82) is 5.26 Å². The Morgan fingerprint density at radius 1 is 1.47 bits per heavy atom. The fourth-order valence-corrected chi connectivity index (χ4v) is 2.74. The third-order valence-electron chi connectivity index (χ3n) is 2.12. The summed E-state index contributed by atoms with van der Waals surface area (Å²) in [7, 11) is -4.13. The van der Waals surface area contributed by atoms with Crippen molar-refractivity contribution in [1.82, 2.24) is 4.72 Å². The van der Waals surface area contributed by atoms with Crippen LogP contribution in [0.4, 0.5) is 8.78 Å². The van der Waals surface area contributed by atoms with Gasteiger partial charge in [-0.15, -0.1) is 0 Å². The van der Waals surface area contributed by atoms with E-state index >= 15 is 0 Å². The molecule has 0 aliphatic carbocycles. The minimum atomic E-state index is -4.13. The predicted molar refractivity (Wildman–Crippen MR) is 63.4 cm³/mol. The molecule has 1 unspecified atom stereocenters. The van der Waals surface area contributed by atoms with E-state index in [1.54, 1.807) is 6.07 Å². The molecule has 0 bridgehead atoms. The number of nitriles is 1. The molecule has 2 N–H and O–H groups in total. The molecule has 1 atom stereocenters. The number of aliphatic hydroxyl groups excluding tert-OH is 1. The highest BCUT2D eigenvalue weighted by atomic mass is 35.5. The minimum Gasteiger partial charge on any atom is -0.386 e. The number of hydrogen-bond acceptors (Lipinski definition) is 4. The molecule has 0 heterocycles. The van der Waals surface area contributed by atoms with E-state index in [9.17, 15) is 17.2 Å². The zero-order valence-corrected chi connectivity index (χ0v) is 10.9. The molecule has 0 fully saturated rings. The zero-order chi connectivity index (χ0) is 14.6. The van der Waals surface area contributed by atoms with Crippen LogP contribution in [0.25, 0.3) is 0 Å². The van der Waals surface area contributed by atoms with E-state index in [2.05, 4.69) is 0 Å². The second-order valence-electron chi connectivity index (χ2n) is 3.51. The third-order valence-corrected chi connectivity index (χ3v) is 4.03. The largest absolute Gasteiger partial charge is 0.386 e. The lowest BCUT2D eigenvalue weighted by Crippen LogP contribution is -2.35. The van der Waals surface area contributed by atoms with E-state index < -0.39 is 29.1 Å². The number of nitrogens with one attached hydrogen (secondary N) is 1. The smallest absolute Gasteiger partial charge is 0.265 e. The van der Waals surface area contributed by atoms with Gasteiger partial charge in [0.1, 0.15) is 11.0 Å². The quantitative estimate of drug-likeness (QED) is 0.852. The Balaban J connectivity index is 2.93. The average molecular weight is 311 g/mol. The van der Waals surface area contributed by atoms with Gasteiger partial charge < -0.3 is 5.11 Å². The Hall–Kier alpha value is -1.27. The molecule has 1 aromatic carbocycles. The van der Waals surface area contributed by atoms with Gasteiger partial charge in [-0.05, 0) is 18.2 Å². The highest BCUT2D eigenvalue weighted by molar-refractivity contribution is 7.89. The minimum absolute atomic E-state index is 0.163. The lowest BCUT2D eigenvalue weighted by molar-refractivity contribution is -0.000451. The van der Waals surface area contributed by atoms with Crippen LogP contribution >= 0.6 is 11.6 Å². The maximum Gasteiger partial charge on any atom is 0.265 e. The first-order valence-corrected chi connectivity index (χ1v) is 6.79. The molecule has 1 rings (SSSR count). The molecular formula is C10H9ClF2N2O3S. The van der Waals surface area contributed by atoms with Gasteiger partial charge in [0, 0.05) is 6.54 Å². The molecule has 0 radical (unpaired) electrons. The van der Waals surface area contributed by atoms with Crippen LogP contribution in [0, 0.1) is 11.3 Å². The Kier molecular flexibility index (Phi) is 5.20. The standard InChI is InChI=1S/C10H9ClF2N2O3S/c11-7-3-6(4-14)1-2-9(7)19(17,18)15-5-8(16)10(12)13/h1-3,8,10,15-16H,5H2. The van der Waals surface area contributed by atoms with Gasteiger partial charge in [0.05, 0.1) is 16.7 Å². The Morgan fingerprint density at radius 3 is 2.58 bits per heavy atom. The average Bonchev–Trinajstić information content (AvgIpc) is 2.35. The number of alkyl halides is 2. The maximum absolute atomic E-state index is 12.0. The lowest BCUT2D eigenvalue weighted by Gasteiger charge is -2.12. The molecule has 0 spiro atoms. The Labute approximate surface area is 113 Å². The Morgan fingerprint density at radius 2 is 2.11 bits per heavy atom. The molecule has 0 aliphatic rings.